The highest BCUT2D eigenvalue weighted by Crippen LogP contribution is 2.54. The number of nitrogens with zero attached hydrogens (tertiary/aromatic N) is 3. The van der Waals surface area contributed by atoms with Crippen molar-refractivity contribution < 1.29 is 19.3 Å². The van der Waals surface area contributed by atoms with E-state index in [2.05, 4.69) is 16.9 Å². The molecule has 27 heavy (non-hydrogen) atoms. The summed E-state index contributed by atoms with van der Waals surface area (Å²) in [5, 5.41) is 9.24. The molecular weight excluding hydrogens is 348 g/mol. The zero-order valence-corrected chi connectivity index (χ0v) is 16.3. The number of hydrogen-bond acceptors (Lipinski definition) is 7. The largest absolute Gasteiger partial charge is 0.396 e. The van der Waals surface area contributed by atoms with E-state index in [0.717, 1.165) is 23.0 Å². The van der Waals surface area contributed by atoms with Crippen molar-refractivity contribution >= 4 is 16.9 Å². The lowest BCUT2D eigenvalue weighted by Crippen LogP contribution is -2.39. The molecule has 2 saturated heterocycles. The Labute approximate surface area is 158 Å². The monoisotopic (exact) mass is 376 g/mol. The van der Waals surface area contributed by atoms with Crippen LogP contribution in [0.3, 0.4) is 0 Å². The second-order valence-electron chi connectivity index (χ2n) is 8.00. The van der Waals surface area contributed by atoms with Crippen molar-refractivity contribution in [2.24, 2.45) is 0 Å². The minimum atomic E-state index is -0.669. The van der Waals surface area contributed by atoms with Gasteiger partial charge in [0.1, 0.15) is 29.7 Å². The van der Waals surface area contributed by atoms with E-state index >= 15 is 0 Å². The number of anilines is 1. The fraction of sp³-hybridized carbons (Fsp3) is 0.684. The Morgan fingerprint density at radius 3 is 2.78 bits per heavy atom. The molecule has 4 heterocycles. The van der Waals surface area contributed by atoms with E-state index in [0.29, 0.717) is 18.8 Å². The Morgan fingerprint density at radius 1 is 1.30 bits per heavy atom. The van der Waals surface area contributed by atoms with E-state index in [1.807, 2.05) is 31.5 Å². The summed E-state index contributed by atoms with van der Waals surface area (Å²) in [5.74, 6) is -0.252. The molecule has 0 radical (unpaired) electrons. The number of aryl methyl sites for hydroxylation is 1. The molecule has 2 aromatic heterocycles. The van der Waals surface area contributed by atoms with Gasteiger partial charge < -0.3 is 29.6 Å². The molecule has 8 heteroatoms. The average Bonchev–Trinajstić information content (AvgIpc) is 3.18. The maximum atomic E-state index is 9.24. The summed E-state index contributed by atoms with van der Waals surface area (Å²) >= 11 is 0. The minimum Gasteiger partial charge on any atom is -0.396 e. The van der Waals surface area contributed by atoms with Crippen LogP contribution in [0.15, 0.2) is 12.5 Å². The molecule has 2 aliphatic rings. The Hall–Kier alpha value is -1.74. The number of hydrogen-bond donors (Lipinski definition) is 2. The molecule has 4 atom stereocenters. The van der Waals surface area contributed by atoms with Gasteiger partial charge in [0.15, 0.2) is 11.6 Å². The third kappa shape index (κ3) is 2.82. The average molecular weight is 376 g/mol. The van der Waals surface area contributed by atoms with Crippen LogP contribution in [0.1, 0.15) is 52.2 Å². The molecule has 0 bridgehead atoms. The van der Waals surface area contributed by atoms with E-state index in [4.69, 9.17) is 19.9 Å². The number of fused-ring (bicyclic) bond motifs is 2. The van der Waals surface area contributed by atoms with Gasteiger partial charge in [-0.2, -0.15) is 0 Å². The number of aliphatic hydroxyl groups is 1. The lowest BCUT2D eigenvalue weighted by atomic mass is 9.89. The third-order valence-electron chi connectivity index (χ3n) is 5.56. The molecule has 0 amide bonds. The number of rotatable bonds is 5. The second kappa shape index (κ2) is 6.41. The SMILES string of the molecule is CC[C@H]1O[C@@H](c2cn(CCCO)c3c(N)ncnc23)[C@]2(C)OC(C)(C)OC12. The molecular formula is C19H28N4O4. The van der Waals surface area contributed by atoms with Gasteiger partial charge in [-0.3, -0.25) is 0 Å². The number of aliphatic hydroxyl groups excluding tert-OH is 1. The smallest absolute Gasteiger partial charge is 0.164 e. The standard InChI is InChI=1S/C19H28N4O4/c1-5-12-16-19(4,27-18(2,3)26-16)15(25-12)11-9-23(7-6-8-24)14-13(11)21-10-22-17(14)20/h9-10,12,15-16,24H,5-8H2,1-4H3,(H2,20,21,22)/t12-,15+,16?,19+/m1/s1. The second-order valence-corrected chi connectivity index (χ2v) is 8.00. The highest BCUT2D eigenvalue weighted by atomic mass is 16.8. The summed E-state index contributed by atoms with van der Waals surface area (Å²) < 4.78 is 21.0. The Balaban J connectivity index is 1.83. The first-order valence-electron chi connectivity index (χ1n) is 9.54. The molecule has 3 N–H and O–H groups in total. The zero-order chi connectivity index (χ0) is 19.4. The molecule has 2 fully saturated rings. The number of nitrogen functional groups attached to an aromatic ring is 1. The first kappa shape index (κ1) is 18.6. The van der Waals surface area contributed by atoms with Crippen LogP contribution in [0, 0.1) is 0 Å². The highest BCUT2D eigenvalue weighted by Gasteiger charge is 2.63. The van der Waals surface area contributed by atoms with Gasteiger partial charge in [0, 0.05) is 24.9 Å². The van der Waals surface area contributed by atoms with Crippen LogP contribution in [-0.2, 0) is 20.8 Å². The van der Waals surface area contributed by atoms with Gasteiger partial charge in [-0.05, 0) is 33.6 Å². The summed E-state index contributed by atoms with van der Waals surface area (Å²) in [7, 11) is 0. The predicted molar refractivity (Wildman–Crippen MR) is 100.0 cm³/mol. The van der Waals surface area contributed by atoms with E-state index in [1.165, 1.54) is 6.33 Å². The summed E-state index contributed by atoms with van der Waals surface area (Å²) in [6.45, 7) is 8.74. The van der Waals surface area contributed by atoms with Gasteiger partial charge in [0.05, 0.1) is 11.6 Å². The zero-order valence-electron chi connectivity index (χ0n) is 16.3. The third-order valence-corrected chi connectivity index (χ3v) is 5.56. The maximum absolute atomic E-state index is 9.24. The molecule has 4 rings (SSSR count). The predicted octanol–water partition coefficient (Wildman–Crippen LogP) is 2.16. The molecule has 0 spiro atoms. The summed E-state index contributed by atoms with van der Waals surface area (Å²) in [6, 6.07) is 0. The van der Waals surface area contributed by atoms with Gasteiger partial charge in [-0.15, -0.1) is 0 Å². The van der Waals surface area contributed by atoms with Crippen molar-refractivity contribution in [2.45, 2.75) is 76.8 Å². The Bertz CT molecular complexity index is 852. The van der Waals surface area contributed by atoms with Crippen LogP contribution < -0.4 is 5.73 Å². The van der Waals surface area contributed by atoms with Gasteiger partial charge in [0.2, 0.25) is 0 Å². The van der Waals surface area contributed by atoms with Crippen molar-refractivity contribution in [1.29, 1.82) is 0 Å². The molecule has 0 aromatic carbocycles. The molecule has 2 aliphatic heterocycles. The number of ether oxygens (including phenoxy) is 3. The fourth-order valence-corrected chi connectivity index (χ4v) is 4.55. The summed E-state index contributed by atoms with van der Waals surface area (Å²) in [5.41, 5.74) is 7.97. The Morgan fingerprint density at radius 2 is 2.07 bits per heavy atom. The van der Waals surface area contributed by atoms with E-state index in [-0.39, 0.29) is 24.9 Å². The van der Waals surface area contributed by atoms with Crippen molar-refractivity contribution in [3.05, 3.63) is 18.1 Å². The maximum Gasteiger partial charge on any atom is 0.164 e. The van der Waals surface area contributed by atoms with Crippen LogP contribution in [0.4, 0.5) is 5.82 Å². The normalized spacial score (nSPS) is 32.3. The van der Waals surface area contributed by atoms with Crippen molar-refractivity contribution in [3.63, 3.8) is 0 Å². The van der Waals surface area contributed by atoms with Crippen LogP contribution in [-0.4, -0.2) is 49.8 Å². The Kier molecular flexibility index (Phi) is 4.42. The fourth-order valence-electron chi connectivity index (χ4n) is 4.55. The lowest BCUT2D eigenvalue weighted by molar-refractivity contribution is -0.204. The van der Waals surface area contributed by atoms with Crippen molar-refractivity contribution in [1.82, 2.24) is 14.5 Å². The van der Waals surface area contributed by atoms with Crippen LogP contribution in [0.2, 0.25) is 0 Å². The van der Waals surface area contributed by atoms with Crippen molar-refractivity contribution in [2.75, 3.05) is 12.3 Å². The van der Waals surface area contributed by atoms with Gasteiger partial charge in [-0.25, -0.2) is 9.97 Å². The topological polar surface area (TPSA) is 105 Å². The minimum absolute atomic E-state index is 0.0585. The number of nitrogens with two attached hydrogens (primary N) is 1. The molecule has 0 saturated carbocycles. The lowest BCUT2D eigenvalue weighted by Gasteiger charge is -2.29. The quantitative estimate of drug-likeness (QED) is 0.824. The van der Waals surface area contributed by atoms with Crippen LogP contribution in [0.25, 0.3) is 11.0 Å². The van der Waals surface area contributed by atoms with Crippen molar-refractivity contribution in [3.8, 4) is 0 Å². The molecule has 0 aliphatic carbocycles. The molecule has 1 unspecified atom stereocenters. The highest BCUT2D eigenvalue weighted by molar-refractivity contribution is 5.88. The van der Waals surface area contributed by atoms with Gasteiger partial charge in [-0.1, -0.05) is 6.92 Å². The van der Waals surface area contributed by atoms with Gasteiger partial charge in [0.25, 0.3) is 0 Å². The van der Waals surface area contributed by atoms with E-state index in [9.17, 15) is 5.11 Å². The van der Waals surface area contributed by atoms with E-state index < -0.39 is 11.4 Å². The van der Waals surface area contributed by atoms with Gasteiger partial charge >= 0.3 is 0 Å². The summed E-state index contributed by atoms with van der Waals surface area (Å²) in [4.78, 5) is 8.64. The van der Waals surface area contributed by atoms with Crippen LogP contribution in [0.5, 0.6) is 0 Å². The first-order chi connectivity index (χ1) is 12.8. The molecule has 2 aromatic rings. The molecule has 8 nitrogen and oxygen atoms in total. The first-order valence-corrected chi connectivity index (χ1v) is 9.54. The summed E-state index contributed by atoms with van der Waals surface area (Å²) in [6.07, 6.45) is 4.38. The van der Waals surface area contributed by atoms with Crippen LogP contribution >= 0.6 is 0 Å². The van der Waals surface area contributed by atoms with E-state index in [1.54, 1.807) is 0 Å². The molecule has 148 valence electrons. The number of aromatic nitrogens is 3.